The van der Waals surface area contributed by atoms with E-state index in [1.807, 2.05) is 12.1 Å². The molecule has 106 valence electrons. The molecule has 0 spiro atoms. The van der Waals surface area contributed by atoms with E-state index in [2.05, 4.69) is 9.97 Å². The van der Waals surface area contributed by atoms with Gasteiger partial charge in [-0.3, -0.25) is 0 Å². The molecule has 1 atom stereocenters. The van der Waals surface area contributed by atoms with Gasteiger partial charge >= 0.3 is 0 Å². The van der Waals surface area contributed by atoms with Crippen LogP contribution in [0.25, 0.3) is 0 Å². The van der Waals surface area contributed by atoms with Gasteiger partial charge in [-0.1, -0.05) is 0 Å². The maximum atomic E-state index is 13.7. The molecule has 0 aliphatic carbocycles. The minimum atomic E-state index is -3.92. The smallest absolute Gasteiger partial charge is 0.264 e. The molecule has 5 nitrogen and oxygen atoms in total. The second kappa shape index (κ2) is 4.99. The molecule has 0 aromatic carbocycles. The number of sulfonamides is 1. The molecule has 7 heteroatoms. The van der Waals surface area contributed by atoms with Crippen molar-refractivity contribution in [2.24, 2.45) is 0 Å². The lowest BCUT2D eigenvalue weighted by Crippen LogP contribution is -2.32. The number of aromatic nitrogens is 2. The number of nitrogens with zero attached hydrogens (tertiary/aromatic N) is 2. The van der Waals surface area contributed by atoms with Crippen molar-refractivity contribution in [2.45, 2.75) is 23.9 Å². The lowest BCUT2D eigenvalue weighted by atomic mass is 10.2. The molecular formula is C13H14FN3O2S. The van der Waals surface area contributed by atoms with Crippen molar-refractivity contribution >= 4 is 10.0 Å². The molecule has 3 rings (SSSR count). The Hall–Kier alpha value is -1.73. The number of rotatable bonds is 3. The zero-order valence-electron chi connectivity index (χ0n) is 10.7. The minimum absolute atomic E-state index is 0.281. The highest BCUT2D eigenvalue weighted by molar-refractivity contribution is 7.89. The summed E-state index contributed by atoms with van der Waals surface area (Å²) in [5.41, 5.74) is 0.822. The van der Waals surface area contributed by atoms with E-state index in [0.29, 0.717) is 13.0 Å². The molecule has 1 aliphatic rings. The lowest BCUT2D eigenvalue weighted by Gasteiger charge is -2.22. The van der Waals surface area contributed by atoms with Gasteiger partial charge in [-0.2, -0.15) is 4.31 Å². The molecule has 20 heavy (non-hydrogen) atoms. The van der Waals surface area contributed by atoms with Crippen molar-refractivity contribution in [3.05, 3.63) is 48.2 Å². The standard InChI is InChI=1S/C13H14FN3O2S/c14-10-4-1-8-16-13(10)20(18,19)17-9-3-6-12(17)11-5-2-7-15-11/h1-2,4-5,7-8,12,15H,3,6,9H2. The Morgan fingerprint density at radius 3 is 2.90 bits per heavy atom. The zero-order valence-corrected chi connectivity index (χ0v) is 11.5. The van der Waals surface area contributed by atoms with Crippen LogP contribution in [0.15, 0.2) is 41.7 Å². The molecule has 0 bridgehead atoms. The molecular weight excluding hydrogens is 281 g/mol. The molecule has 0 saturated carbocycles. The van der Waals surface area contributed by atoms with E-state index in [-0.39, 0.29) is 6.04 Å². The van der Waals surface area contributed by atoms with Gasteiger partial charge in [-0.15, -0.1) is 0 Å². The highest BCUT2D eigenvalue weighted by Crippen LogP contribution is 2.35. The van der Waals surface area contributed by atoms with E-state index in [9.17, 15) is 12.8 Å². The number of halogens is 1. The first kappa shape index (κ1) is 13.3. The second-order valence-corrected chi connectivity index (χ2v) is 6.50. The molecule has 3 heterocycles. The molecule has 1 aliphatic heterocycles. The van der Waals surface area contributed by atoms with Gasteiger partial charge in [0.15, 0.2) is 5.82 Å². The van der Waals surface area contributed by atoms with Crippen LogP contribution in [-0.2, 0) is 10.0 Å². The predicted molar refractivity (Wildman–Crippen MR) is 70.9 cm³/mol. The molecule has 1 N–H and O–H groups in total. The van der Waals surface area contributed by atoms with Crippen LogP contribution in [0.4, 0.5) is 4.39 Å². The van der Waals surface area contributed by atoms with Gasteiger partial charge < -0.3 is 4.98 Å². The molecule has 0 radical (unpaired) electrons. The Kier molecular flexibility index (Phi) is 3.31. The maximum Gasteiger partial charge on any atom is 0.264 e. The number of H-pyrrole nitrogens is 1. The van der Waals surface area contributed by atoms with E-state index in [4.69, 9.17) is 0 Å². The first-order chi connectivity index (χ1) is 9.60. The maximum absolute atomic E-state index is 13.7. The fourth-order valence-electron chi connectivity index (χ4n) is 2.56. The Balaban J connectivity index is 2.01. The largest absolute Gasteiger partial charge is 0.364 e. The summed E-state index contributed by atoms with van der Waals surface area (Å²) in [6.45, 7) is 0.377. The van der Waals surface area contributed by atoms with Crippen LogP contribution >= 0.6 is 0 Å². The third kappa shape index (κ3) is 2.12. The van der Waals surface area contributed by atoms with Crippen LogP contribution in [-0.4, -0.2) is 29.2 Å². The fraction of sp³-hybridized carbons (Fsp3) is 0.308. The summed E-state index contributed by atoms with van der Waals surface area (Å²) in [5.74, 6) is -0.815. The SMILES string of the molecule is O=S(=O)(c1ncccc1F)N1CCCC1c1ccc[nH]1. The highest BCUT2D eigenvalue weighted by Gasteiger charge is 2.38. The van der Waals surface area contributed by atoms with Crippen molar-refractivity contribution in [1.29, 1.82) is 0 Å². The van der Waals surface area contributed by atoms with Crippen LogP contribution in [0, 0.1) is 5.82 Å². The Labute approximate surface area is 116 Å². The van der Waals surface area contributed by atoms with Gasteiger partial charge in [0.1, 0.15) is 0 Å². The molecule has 2 aromatic heterocycles. The summed E-state index contributed by atoms with van der Waals surface area (Å²) in [6.07, 6.45) is 4.50. The van der Waals surface area contributed by atoms with E-state index in [1.54, 1.807) is 6.20 Å². The fourth-order valence-corrected chi connectivity index (χ4v) is 4.22. The van der Waals surface area contributed by atoms with Crippen LogP contribution < -0.4 is 0 Å². The number of nitrogens with one attached hydrogen (secondary N) is 1. The third-order valence-corrected chi connectivity index (χ3v) is 5.31. The molecule has 2 aromatic rings. The molecule has 1 fully saturated rings. The average Bonchev–Trinajstić information content (AvgIpc) is 3.10. The van der Waals surface area contributed by atoms with Crippen molar-refractivity contribution in [3.8, 4) is 0 Å². The normalized spacial score (nSPS) is 20.4. The van der Waals surface area contributed by atoms with E-state index in [1.165, 1.54) is 16.6 Å². The highest BCUT2D eigenvalue weighted by atomic mass is 32.2. The summed E-state index contributed by atoms with van der Waals surface area (Å²) in [5, 5.41) is -0.501. The Morgan fingerprint density at radius 1 is 1.35 bits per heavy atom. The first-order valence-corrected chi connectivity index (χ1v) is 7.80. The number of aromatic amines is 1. The van der Waals surface area contributed by atoms with Crippen LogP contribution in [0.5, 0.6) is 0 Å². The van der Waals surface area contributed by atoms with Crippen LogP contribution in [0.3, 0.4) is 0 Å². The summed E-state index contributed by atoms with van der Waals surface area (Å²) in [4.78, 5) is 6.72. The number of hydrogen-bond donors (Lipinski definition) is 1. The lowest BCUT2D eigenvalue weighted by molar-refractivity contribution is 0.386. The summed E-state index contributed by atoms with van der Waals surface area (Å²) in [6, 6.07) is 5.87. The predicted octanol–water partition coefficient (Wildman–Crippen LogP) is 2.07. The third-order valence-electron chi connectivity index (χ3n) is 3.46. The summed E-state index contributed by atoms with van der Waals surface area (Å²) < 4.78 is 40.2. The van der Waals surface area contributed by atoms with Gasteiger partial charge in [-0.25, -0.2) is 17.8 Å². The summed E-state index contributed by atoms with van der Waals surface area (Å²) in [7, 11) is -3.92. The number of pyridine rings is 1. The topological polar surface area (TPSA) is 66.1 Å². The molecule has 0 amide bonds. The number of hydrogen-bond acceptors (Lipinski definition) is 3. The first-order valence-electron chi connectivity index (χ1n) is 6.36. The monoisotopic (exact) mass is 295 g/mol. The van der Waals surface area contributed by atoms with Crippen molar-refractivity contribution in [1.82, 2.24) is 14.3 Å². The van der Waals surface area contributed by atoms with E-state index in [0.717, 1.165) is 18.2 Å². The van der Waals surface area contributed by atoms with E-state index < -0.39 is 20.9 Å². The van der Waals surface area contributed by atoms with Crippen molar-refractivity contribution < 1.29 is 12.8 Å². The van der Waals surface area contributed by atoms with Crippen molar-refractivity contribution in [2.75, 3.05) is 6.54 Å². The summed E-state index contributed by atoms with van der Waals surface area (Å²) >= 11 is 0. The van der Waals surface area contributed by atoms with Crippen molar-refractivity contribution in [3.63, 3.8) is 0 Å². The quantitative estimate of drug-likeness (QED) is 0.942. The van der Waals surface area contributed by atoms with E-state index >= 15 is 0 Å². The Morgan fingerprint density at radius 2 is 2.20 bits per heavy atom. The molecule has 1 unspecified atom stereocenters. The zero-order chi connectivity index (χ0) is 14.2. The molecule has 1 saturated heterocycles. The van der Waals surface area contributed by atoms with Gasteiger partial charge in [0, 0.05) is 24.6 Å². The minimum Gasteiger partial charge on any atom is -0.364 e. The van der Waals surface area contributed by atoms with Gasteiger partial charge in [0.05, 0.1) is 6.04 Å². The van der Waals surface area contributed by atoms with Gasteiger partial charge in [0.25, 0.3) is 10.0 Å². The van der Waals surface area contributed by atoms with Gasteiger partial charge in [0.2, 0.25) is 5.03 Å². The van der Waals surface area contributed by atoms with Gasteiger partial charge in [-0.05, 0) is 37.1 Å². The van der Waals surface area contributed by atoms with Crippen LogP contribution in [0.1, 0.15) is 24.6 Å². The van der Waals surface area contributed by atoms with Crippen LogP contribution in [0.2, 0.25) is 0 Å². The second-order valence-electron chi connectivity index (χ2n) is 4.69. The Bertz CT molecular complexity index is 700. The average molecular weight is 295 g/mol.